The lowest BCUT2D eigenvalue weighted by atomic mass is 10.1. The number of carbonyl (C=O) groups is 2. The molecule has 5 rings (SSSR count). The number of imidazole rings is 1. The maximum absolute atomic E-state index is 13.2. The van der Waals surface area contributed by atoms with Gasteiger partial charge in [-0.2, -0.15) is 0 Å². The van der Waals surface area contributed by atoms with E-state index in [0.29, 0.717) is 41.0 Å². The summed E-state index contributed by atoms with van der Waals surface area (Å²) < 4.78 is 7.29. The third-order valence-electron chi connectivity index (χ3n) is 6.27. The van der Waals surface area contributed by atoms with Crippen molar-refractivity contribution in [2.45, 2.75) is 19.9 Å². The Labute approximate surface area is 208 Å². The van der Waals surface area contributed by atoms with Gasteiger partial charge < -0.3 is 24.9 Å². The quantitative estimate of drug-likeness (QED) is 0.311. The predicted molar refractivity (Wildman–Crippen MR) is 141 cm³/mol. The van der Waals surface area contributed by atoms with Crippen molar-refractivity contribution in [3.8, 4) is 5.75 Å². The number of aromatic amines is 1. The van der Waals surface area contributed by atoms with Crippen LogP contribution in [0, 0.1) is 0 Å². The molecule has 3 N–H and O–H groups in total. The molecule has 0 atom stereocenters. The molecule has 5 aromatic rings. The van der Waals surface area contributed by atoms with Crippen LogP contribution in [0.25, 0.3) is 21.9 Å². The van der Waals surface area contributed by atoms with E-state index in [9.17, 15) is 9.59 Å². The predicted octanol–water partition coefficient (Wildman–Crippen LogP) is 4.81. The first-order chi connectivity index (χ1) is 17.5. The van der Waals surface area contributed by atoms with Crippen molar-refractivity contribution in [2.24, 2.45) is 7.05 Å². The van der Waals surface area contributed by atoms with Crippen LogP contribution < -0.4 is 15.4 Å². The number of hydrogen-bond acceptors (Lipinski definition) is 4. The van der Waals surface area contributed by atoms with Crippen LogP contribution in [-0.2, 0) is 20.0 Å². The Morgan fingerprint density at radius 2 is 1.81 bits per heavy atom. The van der Waals surface area contributed by atoms with Crippen LogP contribution in [0.1, 0.15) is 39.2 Å². The average molecular weight is 482 g/mol. The number of ether oxygens (including phenoxy) is 1. The number of carbonyl (C=O) groups excluding carboxylic acids is 2. The van der Waals surface area contributed by atoms with Gasteiger partial charge in [0.25, 0.3) is 11.8 Å². The van der Waals surface area contributed by atoms with Crippen LogP contribution >= 0.6 is 0 Å². The maximum atomic E-state index is 13.2. The van der Waals surface area contributed by atoms with Gasteiger partial charge in [0.1, 0.15) is 11.6 Å². The van der Waals surface area contributed by atoms with E-state index in [1.165, 1.54) is 7.11 Å². The van der Waals surface area contributed by atoms with E-state index in [4.69, 9.17) is 9.72 Å². The number of nitrogens with zero attached hydrogens (tertiary/aromatic N) is 2. The molecule has 0 aliphatic rings. The highest BCUT2D eigenvalue weighted by Crippen LogP contribution is 2.28. The molecule has 3 aromatic carbocycles. The standard InChI is InChI=1S/C28H27N5O3/c1-4-25-31-22-14-18(27(34)29-16-19-13-17-9-5-7-11-21(17)30-19)15-23(26(22)33(25)2)32-28(35)20-10-6-8-12-24(20)36-3/h5-15,30H,4,16H2,1-3H3,(H,29,34)(H,32,35). The minimum Gasteiger partial charge on any atom is -0.496 e. The number of fused-ring (bicyclic) bond motifs is 2. The average Bonchev–Trinajstić information content (AvgIpc) is 3.47. The molecule has 2 amide bonds. The van der Waals surface area contributed by atoms with E-state index in [-0.39, 0.29) is 11.8 Å². The van der Waals surface area contributed by atoms with Crippen molar-refractivity contribution in [2.75, 3.05) is 12.4 Å². The number of methoxy groups -OCH3 is 1. The zero-order valence-electron chi connectivity index (χ0n) is 20.4. The Kier molecular flexibility index (Phi) is 6.16. The largest absolute Gasteiger partial charge is 0.496 e. The summed E-state index contributed by atoms with van der Waals surface area (Å²) in [6.07, 6.45) is 0.715. The molecular weight excluding hydrogens is 454 g/mol. The lowest BCUT2D eigenvalue weighted by molar-refractivity contribution is 0.0949. The molecule has 8 nitrogen and oxygen atoms in total. The second-order valence-electron chi connectivity index (χ2n) is 8.55. The fraction of sp³-hybridized carbons (Fsp3) is 0.179. The number of aryl methyl sites for hydroxylation is 2. The van der Waals surface area contributed by atoms with Crippen LogP contribution in [0.2, 0.25) is 0 Å². The Bertz CT molecular complexity index is 1560. The summed E-state index contributed by atoms with van der Waals surface area (Å²) in [5, 5.41) is 7.03. The normalized spacial score (nSPS) is 11.1. The van der Waals surface area contributed by atoms with Crippen molar-refractivity contribution >= 4 is 39.4 Å². The van der Waals surface area contributed by atoms with Crippen molar-refractivity contribution in [1.29, 1.82) is 0 Å². The van der Waals surface area contributed by atoms with Crippen LogP contribution in [0.15, 0.2) is 66.7 Å². The van der Waals surface area contributed by atoms with Crippen LogP contribution in [0.4, 0.5) is 5.69 Å². The van der Waals surface area contributed by atoms with E-state index in [2.05, 4.69) is 15.6 Å². The number of hydrogen-bond donors (Lipinski definition) is 3. The third kappa shape index (κ3) is 4.29. The summed E-state index contributed by atoms with van der Waals surface area (Å²) in [4.78, 5) is 34.3. The van der Waals surface area contributed by atoms with Crippen LogP contribution in [0.3, 0.4) is 0 Å². The van der Waals surface area contributed by atoms with Gasteiger partial charge in [-0.05, 0) is 41.8 Å². The van der Waals surface area contributed by atoms with Gasteiger partial charge in [0.15, 0.2) is 0 Å². The van der Waals surface area contributed by atoms with Crippen molar-refractivity contribution in [3.63, 3.8) is 0 Å². The number of nitrogens with one attached hydrogen (secondary N) is 3. The minimum atomic E-state index is -0.330. The highest BCUT2D eigenvalue weighted by atomic mass is 16.5. The molecule has 0 spiro atoms. The lowest BCUT2D eigenvalue weighted by Gasteiger charge is -2.13. The first kappa shape index (κ1) is 23.2. The van der Waals surface area contributed by atoms with E-state index in [1.54, 1.807) is 36.4 Å². The summed E-state index contributed by atoms with van der Waals surface area (Å²) >= 11 is 0. The highest BCUT2D eigenvalue weighted by Gasteiger charge is 2.19. The fourth-order valence-electron chi connectivity index (χ4n) is 4.47. The molecule has 0 aliphatic heterocycles. The van der Waals surface area contributed by atoms with Gasteiger partial charge >= 0.3 is 0 Å². The van der Waals surface area contributed by atoms with Crippen LogP contribution in [0.5, 0.6) is 5.75 Å². The van der Waals surface area contributed by atoms with E-state index in [0.717, 1.165) is 27.9 Å². The number of aromatic nitrogens is 3. The first-order valence-corrected chi connectivity index (χ1v) is 11.8. The Balaban J connectivity index is 1.46. The summed E-state index contributed by atoms with van der Waals surface area (Å²) in [7, 11) is 3.43. The van der Waals surface area contributed by atoms with Gasteiger partial charge in [-0.15, -0.1) is 0 Å². The van der Waals surface area contributed by atoms with Gasteiger partial charge in [-0.25, -0.2) is 4.98 Å². The zero-order chi connectivity index (χ0) is 25.2. The molecule has 2 aromatic heterocycles. The summed E-state index contributed by atoms with van der Waals surface area (Å²) in [5.41, 5.74) is 4.64. The molecular formula is C28H27N5O3. The molecule has 0 bridgehead atoms. The highest BCUT2D eigenvalue weighted by molar-refractivity contribution is 6.11. The summed E-state index contributed by atoms with van der Waals surface area (Å²) in [6, 6.07) is 20.4. The van der Waals surface area contributed by atoms with E-state index < -0.39 is 0 Å². The smallest absolute Gasteiger partial charge is 0.259 e. The number of para-hydroxylation sites is 2. The van der Waals surface area contributed by atoms with Crippen molar-refractivity contribution in [1.82, 2.24) is 19.9 Å². The number of rotatable bonds is 7. The van der Waals surface area contributed by atoms with Gasteiger partial charge in [0, 0.05) is 30.2 Å². The number of H-pyrrole nitrogens is 1. The number of anilines is 1. The minimum absolute atomic E-state index is 0.257. The fourth-order valence-corrected chi connectivity index (χ4v) is 4.47. The molecule has 0 saturated heterocycles. The first-order valence-electron chi connectivity index (χ1n) is 11.8. The number of benzene rings is 3. The van der Waals surface area contributed by atoms with Gasteiger partial charge in [-0.3, -0.25) is 9.59 Å². The second kappa shape index (κ2) is 9.58. The summed E-state index contributed by atoms with van der Waals surface area (Å²) in [5.74, 6) is 0.738. The molecule has 8 heteroatoms. The molecule has 0 saturated carbocycles. The van der Waals surface area contributed by atoms with Gasteiger partial charge in [0.05, 0.1) is 35.9 Å². The van der Waals surface area contributed by atoms with E-state index >= 15 is 0 Å². The summed E-state index contributed by atoms with van der Waals surface area (Å²) in [6.45, 7) is 2.36. The molecule has 0 aliphatic carbocycles. The molecule has 0 unspecified atom stereocenters. The van der Waals surface area contributed by atoms with Crippen molar-refractivity contribution < 1.29 is 14.3 Å². The molecule has 182 valence electrons. The topological polar surface area (TPSA) is 101 Å². The third-order valence-corrected chi connectivity index (χ3v) is 6.27. The van der Waals surface area contributed by atoms with E-state index in [1.807, 2.05) is 48.9 Å². The van der Waals surface area contributed by atoms with Crippen molar-refractivity contribution in [3.05, 3.63) is 89.4 Å². The van der Waals surface area contributed by atoms with Gasteiger partial charge in [-0.1, -0.05) is 37.3 Å². The van der Waals surface area contributed by atoms with Crippen LogP contribution in [-0.4, -0.2) is 33.5 Å². The SMILES string of the molecule is CCc1nc2cc(C(=O)NCc3cc4ccccc4[nH]3)cc(NC(=O)c3ccccc3OC)c2n1C. The monoisotopic (exact) mass is 481 g/mol. The zero-order valence-corrected chi connectivity index (χ0v) is 20.4. The second-order valence-corrected chi connectivity index (χ2v) is 8.55. The Morgan fingerprint density at radius 3 is 2.58 bits per heavy atom. The molecule has 2 heterocycles. The maximum Gasteiger partial charge on any atom is 0.259 e. The van der Waals surface area contributed by atoms with Gasteiger partial charge in [0.2, 0.25) is 0 Å². The molecule has 36 heavy (non-hydrogen) atoms. The Morgan fingerprint density at radius 1 is 1.03 bits per heavy atom. The Hall–Kier alpha value is -4.59. The lowest BCUT2D eigenvalue weighted by Crippen LogP contribution is -2.23. The number of amides is 2. The molecule has 0 fully saturated rings. The molecule has 0 radical (unpaired) electrons.